The lowest BCUT2D eigenvalue weighted by Crippen LogP contribution is -2.31. The highest BCUT2D eigenvalue weighted by Crippen LogP contribution is 2.36. The van der Waals surface area contributed by atoms with E-state index in [1.54, 1.807) is 0 Å². The maximum absolute atomic E-state index is 12.7. The van der Waals surface area contributed by atoms with Crippen molar-refractivity contribution < 1.29 is 14.3 Å². The van der Waals surface area contributed by atoms with Crippen molar-refractivity contribution in [3.05, 3.63) is 82.9 Å². The van der Waals surface area contributed by atoms with Crippen LogP contribution in [0, 0.1) is 11.3 Å². The summed E-state index contributed by atoms with van der Waals surface area (Å²) in [5.74, 6) is 0.0650. The van der Waals surface area contributed by atoms with E-state index in [1.807, 2.05) is 73.7 Å². The summed E-state index contributed by atoms with van der Waals surface area (Å²) in [7, 11) is 0. The molecule has 166 valence electrons. The van der Waals surface area contributed by atoms with Crippen molar-refractivity contribution in [2.45, 2.75) is 19.3 Å². The molecule has 33 heavy (non-hydrogen) atoms. The number of hydrogen-bond acceptors (Lipinski definition) is 5. The summed E-state index contributed by atoms with van der Waals surface area (Å²) in [6, 6.07) is 23.2. The summed E-state index contributed by atoms with van der Waals surface area (Å²) in [5, 5.41) is 18.0. The van der Waals surface area contributed by atoms with Gasteiger partial charge in [0.05, 0.1) is 29.0 Å². The molecule has 0 aliphatic carbocycles. The molecule has 0 saturated carbocycles. The highest BCUT2D eigenvalue weighted by atomic mass is 32.2. The van der Waals surface area contributed by atoms with Gasteiger partial charge in [-0.2, -0.15) is 5.26 Å². The Bertz CT molecular complexity index is 1260. The van der Waals surface area contributed by atoms with Crippen molar-refractivity contribution in [3.8, 4) is 11.8 Å². The van der Waals surface area contributed by atoms with Crippen LogP contribution in [0.15, 0.2) is 77.3 Å². The van der Waals surface area contributed by atoms with Crippen LogP contribution in [0.4, 0.5) is 5.69 Å². The van der Waals surface area contributed by atoms with Gasteiger partial charge in [0.2, 0.25) is 11.8 Å². The minimum atomic E-state index is -0.358. The summed E-state index contributed by atoms with van der Waals surface area (Å²) < 4.78 is 5.48. The molecule has 1 aliphatic heterocycles. The van der Waals surface area contributed by atoms with Crippen molar-refractivity contribution in [2.75, 3.05) is 17.7 Å². The second-order valence-electron chi connectivity index (χ2n) is 7.53. The molecule has 6 nitrogen and oxygen atoms in total. The molecule has 1 unspecified atom stereocenters. The molecule has 0 spiro atoms. The Labute approximate surface area is 196 Å². The highest BCUT2D eigenvalue weighted by molar-refractivity contribution is 8.03. The number of nitrogens with zero attached hydrogens (tertiary/aromatic N) is 1. The number of fused-ring (bicyclic) bond motifs is 1. The molecule has 4 rings (SSSR count). The number of thioether (sulfide) groups is 1. The maximum atomic E-state index is 12.7. The van der Waals surface area contributed by atoms with Crippen LogP contribution < -0.4 is 15.4 Å². The molecule has 1 atom stereocenters. The van der Waals surface area contributed by atoms with Crippen LogP contribution in [0.1, 0.15) is 24.8 Å². The van der Waals surface area contributed by atoms with Crippen LogP contribution in [0.3, 0.4) is 0 Å². The van der Waals surface area contributed by atoms with Gasteiger partial charge in [-0.1, -0.05) is 60.3 Å². The van der Waals surface area contributed by atoms with Crippen molar-refractivity contribution >= 4 is 40.0 Å². The lowest BCUT2D eigenvalue weighted by atomic mass is 9.87. The van der Waals surface area contributed by atoms with Gasteiger partial charge in [-0.25, -0.2) is 0 Å². The van der Waals surface area contributed by atoms with Gasteiger partial charge in [0, 0.05) is 23.4 Å². The molecule has 1 heterocycles. The fourth-order valence-electron chi connectivity index (χ4n) is 3.84. The van der Waals surface area contributed by atoms with E-state index in [-0.39, 0.29) is 29.9 Å². The normalized spacial score (nSPS) is 15.6. The lowest BCUT2D eigenvalue weighted by Gasteiger charge is -2.25. The average molecular weight is 458 g/mol. The van der Waals surface area contributed by atoms with Crippen molar-refractivity contribution in [1.82, 2.24) is 5.32 Å². The van der Waals surface area contributed by atoms with Gasteiger partial charge in [0.15, 0.2) is 0 Å². The molecule has 0 aromatic heterocycles. The first-order chi connectivity index (χ1) is 16.1. The number of allylic oxidation sites excluding steroid dienone is 1. The SMILES string of the molecule is CCOc1ccc(C2CC(=O)NC(SCC(=O)Nc3cccc4ccccc34)=C2C#N)cc1. The van der Waals surface area contributed by atoms with E-state index in [0.29, 0.717) is 17.2 Å². The van der Waals surface area contributed by atoms with Crippen LogP contribution >= 0.6 is 11.8 Å². The first-order valence-electron chi connectivity index (χ1n) is 10.7. The zero-order valence-corrected chi connectivity index (χ0v) is 18.9. The van der Waals surface area contributed by atoms with Crippen molar-refractivity contribution in [2.24, 2.45) is 0 Å². The molecule has 3 aromatic rings. The molecule has 0 bridgehead atoms. The predicted octanol–water partition coefficient (Wildman–Crippen LogP) is 4.95. The molecular weight excluding hydrogens is 434 g/mol. The number of benzene rings is 3. The molecule has 1 aliphatic rings. The van der Waals surface area contributed by atoms with Crippen LogP contribution in [-0.4, -0.2) is 24.2 Å². The van der Waals surface area contributed by atoms with Gasteiger partial charge >= 0.3 is 0 Å². The van der Waals surface area contributed by atoms with E-state index in [0.717, 1.165) is 39.5 Å². The van der Waals surface area contributed by atoms with Crippen LogP contribution in [-0.2, 0) is 9.59 Å². The summed E-state index contributed by atoms with van der Waals surface area (Å²) >= 11 is 1.16. The molecule has 0 radical (unpaired) electrons. The van der Waals surface area contributed by atoms with Crippen molar-refractivity contribution in [1.29, 1.82) is 5.26 Å². The lowest BCUT2D eigenvalue weighted by molar-refractivity contribution is -0.121. The minimum Gasteiger partial charge on any atom is -0.494 e. The number of nitrogens with one attached hydrogen (secondary N) is 2. The maximum Gasteiger partial charge on any atom is 0.234 e. The Morgan fingerprint density at radius 2 is 1.91 bits per heavy atom. The van der Waals surface area contributed by atoms with E-state index in [9.17, 15) is 14.9 Å². The fraction of sp³-hybridized carbons (Fsp3) is 0.192. The number of carbonyl (C=O) groups excluding carboxylic acids is 2. The van der Waals surface area contributed by atoms with Gasteiger partial charge in [0.25, 0.3) is 0 Å². The average Bonchev–Trinajstić information content (AvgIpc) is 2.83. The quantitative estimate of drug-likeness (QED) is 0.524. The summed E-state index contributed by atoms with van der Waals surface area (Å²) in [6.45, 7) is 2.48. The number of amides is 2. The number of nitriles is 1. The third kappa shape index (κ3) is 5.18. The molecule has 0 fully saturated rings. The van der Waals surface area contributed by atoms with Gasteiger partial charge in [-0.15, -0.1) is 0 Å². The topological polar surface area (TPSA) is 91.2 Å². The zero-order chi connectivity index (χ0) is 23.2. The smallest absolute Gasteiger partial charge is 0.234 e. The molecular formula is C26H23N3O3S. The largest absolute Gasteiger partial charge is 0.494 e. The number of anilines is 1. The van der Waals surface area contributed by atoms with Crippen LogP contribution in [0.25, 0.3) is 10.8 Å². The van der Waals surface area contributed by atoms with Crippen molar-refractivity contribution in [3.63, 3.8) is 0 Å². The second kappa shape index (κ2) is 10.2. The Morgan fingerprint density at radius 1 is 1.15 bits per heavy atom. The third-order valence-corrected chi connectivity index (χ3v) is 6.38. The first-order valence-corrected chi connectivity index (χ1v) is 11.6. The molecule has 0 saturated heterocycles. The Hall–Kier alpha value is -3.76. The number of carbonyl (C=O) groups is 2. The van der Waals surface area contributed by atoms with Gasteiger partial charge < -0.3 is 15.4 Å². The van der Waals surface area contributed by atoms with E-state index in [2.05, 4.69) is 16.7 Å². The van der Waals surface area contributed by atoms with E-state index >= 15 is 0 Å². The zero-order valence-electron chi connectivity index (χ0n) is 18.1. The highest BCUT2D eigenvalue weighted by Gasteiger charge is 2.30. The van der Waals surface area contributed by atoms with E-state index in [1.165, 1.54) is 0 Å². The third-order valence-electron chi connectivity index (χ3n) is 5.36. The van der Waals surface area contributed by atoms with Gasteiger partial charge in [-0.3, -0.25) is 9.59 Å². The molecule has 2 N–H and O–H groups in total. The predicted molar refractivity (Wildman–Crippen MR) is 131 cm³/mol. The minimum absolute atomic E-state index is 0.0695. The van der Waals surface area contributed by atoms with Crippen LogP contribution in [0.5, 0.6) is 5.75 Å². The summed E-state index contributed by atoms with van der Waals surface area (Å²) in [4.78, 5) is 25.0. The van der Waals surface area contributed by atoms with Gasteiger partial charge in [-0.05, 0) is 36.1 Å². The first kappa shape index (κ1) is 22.4. The van der Waals surface area contributed by atoms with E-state index < -0.39 is 0 Å². The van der Waals surface area contributed by atoms with E-state index in [4.69, 9.17) is 4.74 Å². The van der Waals surface area contributed by atoms with Gasteiger partial charge in [0.1, 0.15) is 5.75 Å². The number of ether oxygens (including phenoxy) is 1. The fourth-order valence-corrected chi connectivity index (χ4v) is 4.72. The molecule has 7 heteroatoms. The second-order valence-corrected chi connectivity index (χ2v) is 8.51. The summed E-state index contributed by atoms with van der Waals surface area (Å²) in [5.41, 5.74) is 2.05. The Balaban J connectivity index is 1.50. The number of hydrogen-bond donors (Lipinski definition) is 2. The Morgan fingerprint density at radius 3 is 2.67 bits per heavy atom. The van der Waals surface area contributed by atoms with Crippen LogP contribution in [0.2, 0.25) is 0 Å². The Kier molecular flexibility index (Phi) is 6.96. The monoisotopic (exact) mass is 457 g/mol. The number of rotatable bonds is 7. The molecule has 3 aromatic carbocycles. The molecule has 2 amide bonds. The standard InChI is InChI=1S/C26H23N3O3S/c1-2-32-19-12-10-18(11-13-19)21-14-24(30)29-26(22(21)15-27)33-16-25(31)28-23-9-5-7-17-6-3-4-8-20(17)23/h3-13,21H,2,14,16H2,1H3,(H,28,31)(H,29,30). The summed E-state index contributed by atoms with van der Waals surface area (Å²) in [6.07, 6.45) is 0.184.